The van der Waals surface area contributed by atoms with Crippen LogP contribution in [0.15, 0.2) is 71.7 Å². The summed E-state index contributed by atoms with van der Waals surface area (Å²) in [5.74, 6) is -1.17. The quantitative estimate of drug-likeness (QED) is 0.278. The average molecular weight is 591 g/mol. The van der Waals surface area contributed by atoms with Crippen molar-refractivity contribution in [3.05, 3.63) is 89.5 Å². The minimum absolute atomic E-state index is 0.0972. The van der Waals surface area contributed by atoms with Crippen molar-refractivity contribution in [2.45, 2.75) is 12.5 Å². The maximum Gasteiger partial charge on any atom is 0.330 e. The van der Waals surface area contributed by atoms with Gasteiger partial charge in [0.15, 0.2) is 0 Å². The van der Waals surface area contributed by atoms with E-state index in [-0.39, 0.29) is 17.8 Å². The van der Waals surface area contributed by atoms with E-state index < -0.39 is 29.6 Å². The molecule has 1 saturated heterocycles. The fraction of sp³-hybridized carbons (Fsp3) is 0.281. The second-order valence-electron chi connectivity index (χ2n) is 10.00. The highest BCUT2D eigenvalue weighted by atomic mass is 19.1. The first-order valence-corrected chi connectivity index (χ1v) is 13.8. The first-order valence-electron chi connectivity index (χ1n) is 13.8. The maximum atomic E-state index is 15.7. The topological polar surface area (TPSA) is 83.9 Å². The first-order chi connectivity index (χ1) is 20.8. The number of methoxy groups -OCH3 is 3. The van der Waals surface area contributed by atoms with Crippen LogP contribution in [0, 0.1) is 11.6 Å². The van der Waals surface area contributed by atoms with Crippen molar-refractivity contribution in [3.8, 4) is 5.75 Å². The number of piperazine rings is 1. The maximum absolute atomic E-state index is 15.7. The lowest BCUT2D eigenvalue weighted by molar-refractivity contribution is -0.141. The Morgan fingerprint density at radius 3 is 2.37 bits per heavy atom. The largest absolute Gasteiger partial charge is 0.497 e. The molecule has 2 aliphatic heterocycles. The number of halogens is 2. The Bertz CT molecular complexity index is 1570. The molecule has 0 N–H and O–H groups in total. The van der Waals surface area contributed by atoms with Gasteiger partial charge in [0.25, 0.3) is 0 Å². The molecular weight excluding hydrogens is 558 g/mol. The molecule has 0 radical (unpaired) electrons. The Balaban J connectivity index is 1.57. The van der Waals surface area contributed by atoms with E-state index in [0.717, 1.165) is 11.4 Å². The number of benzene rings is 3. The van der Waals surface area contributed by atoms with Gasteiger partial charge in [-0.2, -0.15) is 0 Å². The third-order valence-electron chi connectivity index (χ3n) is 7.53. The van der Waals surface area contributed by atoms with Gasteiger partial charge in [0.2, 0.25) is 5.96 Å². The number of carbonyl (C=O) groups excluding carboxylic acids is 2. The van der Waals surface area contributed by atoms with Crippen LogP contribution in [0.4, 0.5) is 25.8 Å². The molecule has 1 fully saturated rings. The Kier molecular flexibility index (Phi) is 8.89. The monoisotopic (exact) mass is 590 g/mol. The molecule has 0 spiro atoms. The van der Waals surface area contributed by atoms with Crippen LogP contribution < -0.4 is 14.5 Å². The fourth-order valence-electron chi connectivity index (χ4n) is 5.31. The molecule has 0 aromatic heterocycles. The molecule has 11 heteroatoms. The Morgan fingerprint density at radius 1 is 0.907 bits per heavy atom. The summed E-state index contributed by atoms with van der Waals surface area (Å²) in [4.78, 5) is 34.9. The molecule has 1 unspecified atom stereocenters. The van der Waals surface area contributed by atoms with Gasteiger partial charge in [-0.25, -0.2) is 18.6 Å². The Morgan fingerprint density at radius 2 is 1.65 bits per heavy atom. The molecule has 3 aromatic rings. The first kappa shape index (κ1) is 29.6. The number of ether oxygens (including phenoxy) is 3. The summed E-state index contributed by atoms with van der Waals surface area (Å²) in [7, 11) is 4.16. The van der Waals surface area contributed by atoms with E-state index in [0.29, 0.717) is 43.3 Å². The van der Waals surface area contributed by atoms with E-state index in [1.54, 1.807) is 24.1 Å². The molecule has 3 aromatic carbocycles. The van der Waals surface area contributed by atoms with Crippen molar-refractivity contribution in [1.29, 1.82) is 0 Å². The SMILES string of the molecule is COC(=O)/C=C/c1ccc(F)c(N2C(N3CCN(c4cccc(OC)c4)CC3)=Nc3c(F)cccc3C2CC(=O)OC)c1. The molecule has 2 heterocycles. The van der Waals surface area contributed by atoms with Gasteiger partial charge in [-0.05, 0) is 42.0 Å². The van der Waals surface area contributed by atoms with Gasteiger partial charge in [-0.3, -0.25) is 4.79 Å². The predicted octanol–water partition coefficient (Wildman–Crippen LogP) is 5.09. The lowest BCUT2D eigenvalue weighted by Gasteiger charge is -2.45. The van der Waals surface area contributed by atoms with E-state index >= 15 is 8.78 Å². The van der Waals surface area contributed by atoms with Gasteiger partial charge in [0, 0.05) is 49.6 Å². The summed E-state index contributed by atoms with van der Waals surface area (Å²) in [6, 6.07) is 15.8. The van der Waals surface area contributed by atoms with E-state index in [2.05, 4.69) is 9.64 Å². The molecule has 0 bridgehead atoms. The third-order valence-corrected chi connectivity index (χ3v) is 7.53. The highest BCUT2D eigenvalue weighted by molar-refractivity contribution is 6.01. The van der Waals surface area contributed by atoms with E-state index in [4.69, 9.17) is 14.5 Å². The van der Waals surface area contributed by atoms with Crippen LogP contribution in [0.3, 0.4) is 0 Å². The Hall–Kier alpha value is -4.93. The van der Waals surface area contributed by atoms with Gasteiger partial charge in [-0.15, -0.1) is 0 Å². The zero-order valence-corrected chi connectivity index (χ0v) is 24.1. The molecule has 43 heavy (non-hydrogen) atoms. The molecule has 5 rings (SSSR count). The summed E-state index contributed by atoms with van der Waals surface area (Å²) < 4.78 is 46.0. The van der Waals surface area contributed by atoms with Crippen LogP contribution in [0.1, 0.15) is 23.6 Å². The molecule has 9 nitrogen and oxygen atoms in total. The molecule has 0 saturated carbocycles. The molecule has 2 aliphatic rings. The molecule has 0 amide bonds. The highest BCUT2D eigenvalue weighted by Gasteiger charge is 2.38. The van der Waals surface area contributed by atoms with Gasteiger partial charge in [-0.1, -0.05) is 24.3 Å². The average Bonchev–Trinajstić information content (AvgIpc) is 3.04. The van der Waals surface area contributed by atoms with Gasteiger partial charge >= 0.3 is 11.9 Å². The van der Waals surface area contributed by atoms with E-state index in [1.807, 2.05) is 29.2 Å². The standard InChI is InChI=1S/C32H32F2N4O5/c1-41-23-7-4-6-22(19-23)36-14-16-37(17-15-36)32-35-31-24(8-5-9-26(31)34)27(20-30(40)43-3)38(32)28-18-21(10-12-25(28)33)11-13-29(39)42-2/h4-13,18-19,27H,14-17,20H2,1-3H3/b13-11+. The number of hydrogen-bond donors (Lipinski definition) is 0. The molecule has 1 atom stereocenters. The summed E-state index contributed by atoms with van der Waals surface area (Å²) in [6.07, 6.45) is 2.55. The third kappa shape index (κ3) is 6.30. The van der Waals surface area contributed by atoms with Crippen LogP contribution in [0.2, 0.25) is 0 Å². The minimum atomic E-state index is -0.823. The number of esters is 2. The van der Waals surface area contributed by atoms with E-state index in [1.165, 1.54) is 50.6 Å². The number of anilines is 2. The number of fused-ring (bicyclic) bond motifs is 1. The summed E-state index contributed by atoms with van der Waals surface area (Å²) >= 11 is 0. The molecular formula is C32H32F2N4O5. The second-order valence-corrected chi connectivity index (χ2v) is 10.00. The normalized spacial score (nSPS) is 16.5. The van der Waals surface area contributed by atoms with Crippen LogP contribution in [-0.2, 0) is 19.1 Å². The van der Waals surface area contributed by atoms with E-state index in [9.17, 15) is 9.59 Å². The lowest BCUT2D eigenvalue weighted by atomic mass is 9.96. The van der Waals surface area contributed by atoms with Gasteiger partial charge in [0.05, 0.1) is 39.5 Å². The van der Waals surface area contributed by atoms with Gasteiger partial charge < -0.3 is 28.9 Å². The number of hydrogen-bond acceptors (Lipinski definition) is 9. The fourth-order valence-corrected chi connectivity index (χ4v) is 5.31. The number of nitrogens with zero attached hydrogens (tertiary/aromatic N) is 4. The zero-order valence-electron chi connectivity index (χ0n) is 24.1. The second kappa shape index (κ2) is 12.9. The van der Waals surface area contributed by atoms with Crippen molar-refractivity contribution in [3.63, 3.8) is 0 Å². The van der Waals surface area contributed by atoms with Crippen LogP contribution in [0.25, 0.3) is 6.08 Å². The van der Waals surface area contributed by atoms with Crippen molar-refractivity contribution < 1.29 is 32.6 Å². The summed E-state index contributed by atoms with van der Waals surface area (Å²) in [6.45, 7) is 2.20. The summed E-state index contributed by atoms with van der Waals surface area (Å²) in [5, 5.41) is 0. The smallest absolute Gasteiger partial charge is 0.330 e. The van der Waals surface area contributed by atoms with Crippen molar-refractivity contribution in [2.75, 3.05) is 57.3 Å². The number of aliphatic imine (C=N–C) groups is 1. The van der Waals surface area contributed by atoms with Crippen LogP contribution in [0.5, 0.6) is 5.75 Å². The highest BCUT2D eigenvalue weighted by Crippen LogP contribution is 2.43. The predicted molar refractivity (Wildman–Crippen MR) is 160 cm³/mol. The number of carbonyl (C=O) groups is 2. The van der Waals surface area contributed by atoms with Crippen LogP contribution >= 0.6 is 0 Å². The number of para-hydroxylation sites is 1. The van der Waals surface area contributed by atoms with Crippen LogP contribution in [-0.4, -0.2) is 70.3 Å². The molecule has 224 valence electrons. The Labute approximate surface area is 248 Å². The lowest BCUT2D eigenvalue weighted by Crippen LogP contribution is -2.55. The minimum Gasteiger partial charge on any atom is -0.497 e. The van der Waals surface area contributed by atoms with Crippen molar-refractivity contribution in [1.82, 2.24) is 4.90 Å². The van der Waals surface area contributed by atoms with Crippen molar-refractivity contribution >= 4 is 41.0 Å². The van der Waals surface area contributed by atoms with Gasteiger partial charge in [0.1, 0.15) is 23.1 Å². The number of guanidine groups is 1. The summed E-state index contributed by atoms with van der Waals surface area (Å²) in [5.41, 5.74) is 2.16. The zero-order chi connectivity index (χ0) is 30.5. The van der Waals surface area contributed by atoms with Crippen molar-refractivity contribution in [2.24, 2.45) is 4.99 Å². The number of rotatable bonds is 7. The molecule has 0 aliphatic carbocycles.